The minimum atomic E-state index is 0.539. The molecule has 0 amide bonds. The highest BCUT2D eigenvalue weighted by molar-refractivity contribution is 4.87. The number of tetrazole rings is 1. The van der Waals surface area contributed by atoms with Crippen molar-refractivity contribution in [2.24, 2.45) is 0 Å². The molecule has 1 aromatic rings. The Kier molecular flexibility index (Phi) is 4.66. The summed E-state index contributed by atoms with van der Waals surface area (Å²) in [7, 11) is 0. The molecule has 2 unspecified atom stereocenters. The van der Waals surface area contributed by atoms with Crippen LogP contribution in [0.15, 0.2) is 0 Å². The summed E-state index contributed by atoms with van der Waals surface area (Å²) in [6.07, 6.45) is 2.30. The number of rotatable bonds is 5. The first-order valence-corrected chi connectivity index (χ1v) is 6.93. The first-order valence-electron chi connectivity index (χ1n) is 6.93. The molecule has 1 aromatic heterocycles. The monoisotopic (exact) mass is 252 g/mol. The fourth-order valence-corrected chi connectivity index (χ4v) is 2.32. The van der Waals surface area contributed by atoms with Gasteiger partial charge in [-0.1, -0.05) is 13.3 Å². The van der Waals surface area contributed by atoms with Crippen LogP contribution in [-0.2, 0) is 13.1 Å². The van der Waals surface area contributed by atoms with Crippen molar-refractivity contribution in [2.75, 3.05) is 13.1 Å². The Balaban J connectivity index is 1.97. The number of hydrogen-bond acceptors (Lipinski definition) is 5. The predicted octanol–water partition coefficient (Wildman–Crippen LogP) is 0.655. The summed E-state index contributed by atoms with van der Waals surface area (Å²) in [5.74, 6) is 0.990. The van der Waals surface area contributed by atoms with Gasteiger partial charge in [-0.3, -0.25) is 4.90 Å². The molecule has 2 rings (SSSR count). The van der Waals surface area contributed by atoms with Gasteiger partial charge in [-0.15, -0.1) is 5.10 Å². The summed E-state index contributed by atoms with van der Waals surface area (Å²) in [5, 5.41) is 15.5. The number of nitrogens with one attached hydrogen (secondary N) is 1. The van der Waals surface area contributed by atoms with E-state index in [1.807, 2.05) is 4.68 Å². The van der Waals surface area contributed by atoms with Crippen LogP contribution in [0.4, 0.5) is 0 Å². The van der Waals surface area contributed by atoms with E-state index in [4.69, 9.17) is 0 Å². The normalized spacial score (nSPS) is 25.5. The van der Waals surface area contributed by atoms with Crippen LogP contribution >= 0.6 is 0 Å². The van der Waals surface area contributed by atoms with Gasteiger partial charge >= 0.3 is 0 Å². The maximum absolute atomic E-state index is 4.16. The maximum atomic E-state index is 4.16. The van der Waals surface area contributed by atoms with Crippen LogP contribution in [0.2, 0.25) is 0 Å². The number of nitrogens with zero attached hydrogens (tertiary/aromatic N) is 5. The van der Waals surface area contributed by atoms with Crippen molar-refractivity contribution in [2.45, 2.75) is 58.8 Å². The van der Waals surface area contributed by atoms with E-state index in [1.54, 1.807) is 0 Å². The highest BCUT2D eigenvalue weighted by Crippen LogP contribution is 2.10. The van der Waals surface area contributed by atoms with Crippen molar-refractivity contribution in [3.63, 3.8) is 0 Å². The lowest BCUT2D eigenvalue weighted by Crippen LogP contribution is -2.53. The summed E-state index contributed by atoms with van der Waals surface area (Å²) >= 11 is 0. The fraction of sp³-hybridized carbons (Fsp3) is 0.917. The van der Waals surface area contributed by atoms with Crippen LogP contribution in [0.1, 0.15) is 39.4 Å². The first kappa shape index (κ1) is 13.4. The van der Waals surface area contributed by atoms with Gasteiger partial charge in [0.2, 0.25) is 0 Å². The van der Waals surface area contributed by atoms with Crippen molar-refractivity contribution in [3.05, 3.63) is 5.82 Å². The average molecular weight is 252 g/mol. The van der Waals surface area contributed by atoms with Gasteiger partial charge in [-0.05, 0) is 30.7 Å². The van der Waals surface area contributed by atoms with Gasteiger partial charge in [-0.25, -0.2) is 4.68 Å². The van der Waals surface area contributed by atoms with E-state index in [0.717, 1.165) is 38.4 Å². The molecule has 0 spiro atoms. The highest BCUT2D eigenvalue weighted by atomic mass is 15.5. The molecule has 18 heavy (non-hydrogen) atoms. The van der Waals surface area contributed by atoms with Gasteiger partial charge in [0.25, 0.3) is 0 Å². The molecule has 0 aromatic carbocycles. The van der Waals surface area contributed by atoms with E-state index in [0.29, 0.717) is 12.1 Å². The van der Waals surface area contributed by atoms with E-state index < -0.39 is 0 Å². The van der Waals surface area contributed by atoms with Gasteiger partial charge in [0.15, 0.2) is 5.82 Å². The van der Waals surface area contributed by atoms with Crippen molar-refractivity contribution in [3.8, 4) is 0 Å². The molecular weight excluding hydrogens is 228 g/mol. The molecule has 0 radical (unpaired) electrons. The molecule has 6 nitrogen and oxygen atoms in total. The lowest BCUT2D eigenvalue weighted by atomic mass is 10.1. The summed E-state index contributed by atoms with van der Waals surface area (Å²) in [6, 6.07) is 1.08. The van der Waals surface area contributed by atoms with Gasteiger partial charge < -0.3 is 5.32 Å². The third kappa shape index (κ3) is 3.26. The summed E-state index contributed by atoms with van der Waals surface area (Å²) in [6.45, 7) is 10.5. The lowest BCUT2D eigenvalue weighted by Gasteiger charge is -2.37. The average Bonchev–Trinajstić information content (AvgIpc) is 2.79. The molecule has 1 N–H and O–H groups in total. The van der Waals surface area contributed by atoms with Crippen LogP contribution in [0.25, 0.3) is 0 Å². The van der Waals surface area contributed by atoms with Crippen LogP contribution in [-0.4, -0.2) is 50.3 Å². The Morgan fingerprint density at radius 2 is 2.22 bits per heavy atom. The Morgan fingerprint density at radius 1 is 1.39 bits per heavy atom. The van der Waals surface area contributed by atoms with Crippen molar-refractivity contribution in [1.29, 1.82) is 0 Å². The fourth-order valence-electron chi connectivity index (χ4n) is 2.32. The lowest BCUT2D eigenvalue weighted by molar-refractivity contribution is 0.133. The molecular formula is C12H24N6. The van der Waals surface area contributed by atoms with Gasteiger partial charge in [0.1, 0.15) is 0 Å². The van der Waals surface area contributed by atoms with Gasteiger partial charge in [-0.2, -0.15) is 0 Å². The van der Waals surface area contributed by atoms with E-state index in [2.05, 4.69) is 46.5 Å². The standard InChI is InChI=1S/C12H24N6/c1-4-5-6-18-12(14-15-16-18)9-17-8-10(2)13-7-11(17)3/h10-11,13H,4-9H2,1-3H3. The van der Waals surface area contributed by atoms with E-state index in [1.165, 1.54) is 6.42 Å². The third-order valence-corrected chi connectivity index (χ3v) is 3.57. The number of aryl methyl sites for hydroxylation is 1. The molecule has 6 heteroatoms. The number of unbranched alkanes of at least 4 members (excludes halogenated alkanes) is 1. The number of piperazine rings is 1. The highest BCUT2D eigenvalue weighted by Gasteiger charge is 2.23. The quantitative estimate of drug-likeness (QED) is 0.834. The zero-order valence-corrected chi connectivity index (χ0v) is 11.6. The predicted molar refractivity (Wildman–Crippen MR) is 70.1 cm³/mol. The summed E-state index contributed by atoms with van der Waals surface area (Å²) in [4.78, 5) is 2.45. The topological polar surface area (TPSA) is 58.9 Å². The van der Waals surface area contributed by atoms with Gasteiger partial charge in [0, 0.05) is 31.7 Å². The molecule has 0 bridgehead atoms. The van der Waals surface area contributed by atoms with Crippen molar-refractivity contribution < 1.29 is 0 Å². The molecule has 1 saturated heterocycles. The van der Waals surface area contributed by atoms with Crippen LogP contribution in [0.3, 0.4) is 0 Å². The summed E-state index contributed by atoms with van der Waals surface area (Å²) < 4.78 is 1.95. The van der Waals surface area contributed by atoms with E-state index >= 15 is 0 Å². The largest absolute Gasteiger partial charge is 0.311 e. The molecule has 0 saturated carbocycles. The van der Waals surface area contributed by atoms with Crippen LogP contribution in [0.5, 0.6) is 0 Å². The second-order valence-electron chi connectivity index (χ2n) is 5.26. The Hall–Kier alpha value is -1.01. The minimum absolute atomic E-state index is 0.539. The smallest absolute Gasteiger partial charge is 0.165 e. The van der Waals surface area contributed by atoms with Crippen LogP contribution < -0.4 is 5.32 Å². The van der Waals surface area contributed by atoms with E-state index in [9.17, 15) is 0 Å². The minimum Gasteiger partial charge on any atom is -0.311 e. The molecule has 102 valence electrons. The molecule has 1 fully saturated rings. The Morgan fingerprint density at radius 3 is 3.00 bits per heavy atom. The zero-order valence-electron chi connectivity index (χ0n) is 11.6. The Labute approximate surface area is 109 Å². The van der Waals surface area contributed by atoms with Crippen molar-refractivity contribution in [1.82, 2.24) is 30.4 Å². The van der Waals surface area contributed by atoms with Crippen LogP contribution in [0, 0.1) is 0 Å². The second-order valence-corrected chi connectivity index (χ2v) is 5.26. The SMILES string of the molecule is CCCCn1nnnc1CN1CC(C)NCC1C. The third-order valence-electron chi connectivity index (χ3n) is 3.57. The van der Waals surface area contributed by atoms with Crippen molar-refractivity contribution >= 4 is 0 Å². The number of aromatic nitrogens is 4. The summed E-state index contributed by atoms with van der Waals surface area (Å²) in [5.41, 5.74) is 0. The molecule has 2 atom stereocenters. The van der Waals surface area contributed by atoms with Gasteiger partial charge in [0.05, 0.1) is 6.54 Å². The molecule has 1 aliphatic heterocycles. The molecule has 1 aliphatic rings. The maximum Gasteiger partial charge on any atom is 0.165 e. The Bertz CT molecular complexity index is 363. The second kappa shape index (κ2) is 6.24. The molecule has 0 aliphatic carbocycles. The zero-order chi connectivity index (χ0) is 13.0. The molecule has 2 heterocycles. The first-order chi connectivity index (χ1) is 8.70. The number of hydrogen-bond donors (Lipinski definition) is 1. The van der Waals surface area contributed by atoms with E-state index in [-0.39, 0.29) is 0 Å².